The molecule has 4 nitrogen and oxygen atoms in total. The Kier molecular flexibility index (Phi) is 9.02. The Labute approximate surface area is 111 Å². The van der Waals surface area contributed by atoms with Gasteiger partial charge in [-0.1, -0.05) is 47.0 Å². The molecule has 0 fully saturated rings. The van der Waals surface area contributed by atoms with Crippen LogP contribution >= 0.6 is 0 Å². The lowest BCUT2D eigenvalue weighted by molar-refractivity contribution is -0.848. The number of hydrogen-bond donors (Lipinski definition) is 1. The van der Waals surface area contributed by atoms with E-state index in [1.807, 2.05) is 13.8 Å². The van der Waals surface area contributed by atoms with E-state index in [9.17, 15) is 10.0 Å². The van der Waals surface area contributed by atoms with Crippen LogP contribution < -0.4 is 5.06 Å². The van der Waals surface area contributed by atoms with E-state index in [-0.39, 0.29) is 17.0 Å². The number of carbonyl (C=O) groups is 1. The summed E-state index contributed by atoms with van der Waals surface area (Å²) >= 11 is 0. The first kappa shape index (κ1) is 17.4. The maximum atomic E-state index is 11.9. The van der Waals surface area contributed by atoms with Crippen LogP contribution in [0.2, 0.25) is 0 Å². The van der Waals surface area contributed by atoms with Crippen LogP contribution in [0.25, 0.3) is 0 Å². The first-order chi connectivity index (χ1) is 8.43. The van der Waals surface area contributed by atoms with Crippen LogP contribution in [0.15, 0.2) is 0 Å². The maximum Gasteiger partial charge on any atom is 0.365 e. The van der Waals surface area contributed by atoms with Gasteiger partial charge in [0.2, 0.25) is 0 Å². The highest BCUT2D eigenvalue weighted by Crippen LogP contribution is 2.13. The lowest BCUT2D eigenvalue weighted by Gasteiger charge is -2.29. The van der Waals surface area contributed by atoms with Crippen molar-refractivity contribution in [2.24, 2.45) is 11.8 Å². The normalized spacial score (nSPS) is 16.4. The highest BCUT2D eigenvalue weighted by molar-refractivity contribution is 5.74. The fraction of sp³-hybridized carbons (Fsp3) is 0.929. The van der Waals surface area contributed by atoms with E-state index in [1.165, 1.54) is 7.05 Å². The minimum atomic E-state index is -0.603. The number of esters is 1. The number of carbonyl (C=O) groups excluding carboxylic acids is 1. The van der Waals surface area contributed by atoms with E-state index in [1.54, 1.807) is 0 Å². The molecule has 0 aromatic heterocycles. The Balaban J connectivity index is 4.20. The van der Waals surface area contributed by atoms with Crippen molar-refractivity contribution in [3.8, 4) is 0 Å². The maximum absolute atomic E-state index is 11.9. The number of quaternary nitrogens is 1. The molecule has 3 unspecified atom stereocenters. The van der Waals surface area contributed by atoms with Crippen molar-refractivity contribution in [1.82, 2.24) is 0 Å². The number of hydrogen-bond acceptors (Lipinski definition) is 3. The molecule has 0 saturated carbocycles. The van der Waals surface area contributed by atoms with Crippen LogP contribution in [0.1, 0.15) is 53.4 Å². The van der Waals surface area contributed by atoms with Gasteiger partial charge in [0.05, 0.1) is 13.7 Å². The lowest BCUT2D eigenvalue weighted by Crippen LogP contribution is -3.10. The second-order valence-electron chi connectivity index (χ2n) is 5.38. The van der Waals surface area contributed by atoms with Gasteiger partial charge in [-0.3, -0.25) is 0 Å². The van der Waals surface area contributed by atoms with Gasteiger partial charge in [0.25, 0.3) is 0 Å². The fourth-order valence-corrected chi connectivity index (χ4v) is 2.10. The van der Waals surface area contributed by atoms with Gasteiger partial charge in [0.1, 0.15) is 0 Å². The Morgan fingerprint density at radius 1 is 1.33 bits per heavy atom. The standard InChI is InChI=1S/C14H29NO3/c1-6-8-9-12(7-2)10-18-14(16)13(11(3)4)15(5)17/h11-13,15H,6-10H2,1-5H3. The van der Waals surface area contributed by atoms with Crippen LogP contribution in [0.3, 0.4) is 0 Å². The Morgan fingerprint density at radius 3 is 2.33 bits per heavy atom. The third-order valence-corrected chi connectivity index (χ3v) is 3.36. The number of nitrogens with one attached hydrogen (secondary N) is 1. The molecule has 0 heterocycles. The zero-order valence-electron chi connectivity index (χ0n) is 12.5. The number of unbranched alkanes of at least 4 members (excludes halogenated alkanes) is 1. The summed E-state index contributed by atoms with van der Waals surface area (Å²) in [6.45, 7) is 8.47. The molecule has 108 valence electrons. The van der Waals surface area contributed by atoms with E-state index >= 15 is 0 Å². The van der Waals surface area contributed by atoms with Crippen LogP contribution in [-0.2, 0) is 9.53 Å². The van der Waals surface area contributed by atoms with Gasteiger partial charge in [0.15, 0.2) is 6.04 Å². The molecule has 0 aromatic rings. The average molecular weight is 259 g/mol. The second kappa shape index (κ2) is 9.34. The summed E-state index contributed by atoms with van der Waals surface area (Å²) in [4.78, 5) is 11.9. The van der Waals surface area contributed by atoms with Gasteiger partial charge in [-0.15, -0.1) is 0 Å². The zero-order valence-corrected chi connectivity index (χ0v) is 12.5. The summed E-state index contributed by atoms with van der Waals surface area (Å²) in [6, 6.07) is -0.603. The van der Waals surface area contributed by atoms with Gasteiger partial charge in [-0.2, -0.15) is 0 Å². The Hall–Kier alpha value is -0.610. The number of likely N-dealkylation sites (N-methyl/N-ethyl adjacent to an activating group) is 1. The van der Waals surface area contributed by atoms with Crippen molar-refractivity contribution in [2.45, 2.75) is 59.4 Å². The molecule has 3 atom stereocenters. The molecular weight excluding hydrogens is 230 g/mol. The number of ether oxygens (including phenoxy) is 1. The zero-order chi connectivity index (χ0) is 14.1. The summed E-state index contributed by atoms with van der Waals surface area (Å²) in [7, 11) is 1.46. The predicted molar refractivity (Wildman–Crippen MR) is 73.1 cm³/mol. The molecule has 0 aliphatic heterocycles. The molecule has 0 bridgehead atoms. The van der Waals surface area contributed by atoms with Crippen molar-refractivity contribution >= 4 is 5.97 Å². The van der Waals surface area contributed by atoms with Crippen molar-refractivity contribution < 1.29 is 14.6 Å². The Bertz CT molecular complexity index is 221. The summed E-state index contributed by atoms with van der Waals surface area (Å²) in [5.41, 5.74) is 0. The van der Waals surface area contributed by atoms with E-state index in [0.717, 1.165) is 25.7 Å². The summed E-state index contributed by atoms with van der Waals surface area (Å²) in [5, 5.41) is 11.3. The molecular formula is C14H29NO3. The average Bonchev–Trinajstić information content (AvgIpc) is 2.28. The van der Waals surface area contributed by atoms with Gasteiger partial charge >= 0.3 is 5.97 Å². The molecule has 0 aliphatic rings. The third-order valence-electron chi connectivity index (χ3n) is 3.36. The van der Waals surface area contributed by atoms with Crippen molar-refractivity contribution in [2.75, 3.05) is 13.7 Å². The van der Waals surface area contributed by atoms with Crippen molar-refractivity contribution in [3.05, 3.63) is 5.21 Å². The monoisotopic (exact) mass is 259 g/mol. The van der Waals surface area contributed by atoms with E-state index in [2.05, 4.69) is 13.8 Å². The van der Waals surface area contributed by atoms with Gasteiger partial charge in [-0.05, 0) is 12.3 Å². The molecule has 4 heteroatoms. The van der Waals surface area contributed by atoms with Crippen LogP contribution in [-0.4, -0.2) is 25.7 Å². The fourth-order valence-electron chi connectivity index (χ4n) is 2.10. The van der Waals surface area contributed by atoms with Crippen molar-refractivity contribution in [3.63, 3.8) is 0 Å². The smallest absolute Gasteiger partial charge is 0.365 e. The number of hydroxylamine groups is 2. The minimum absolute atomic E-state index is 0.00529. The molecule has 0 radical (unpaired) electrons. The molecule has 0 amide bonds. The molecule has 0 saturated heterocycles. The molecule has 0 aliphatic carbocycles. The quantitative estimate of drug-likeness (QED) is 0.507. The molecule has 0 aromatic carbocycles. The summed E-state index contributed by atoms with van der Waals surface area (Å²) in [5.74, 6) is 0.0758. The third kappa shape index (κ3) is 6.36. The second-order valence-corrected chi connectivity index (χ2v) is 5.38. The van der Waals surface area contributed by atoms with Crippen LogP contribution in [0.5, 0.6) is 0 Å². The first-order valence-electron chi connectivity index (χ1n) is 7.11. The number of rotatable bonds is 9. The van der Waals surface area contributed by atoms with Crippen molar-refractivity contribution in [1.29, 1.82) is 0 Å². The van der Waals surface area contributed by atoms with Crippen LogP contribution in [0.4, 0.5) is 0 Å². The largest absolute Gasteiger partial charge is 0.634 e. The van der Waals surface area contributed by atoms with E-state index in [0.29, 0.717) is 12.5 Å². The summed E-state index contributed by atoms with van der Waals surface area (Å²) < 4.78 is 5.32. The van der Waals surface area contributed by atoms with Crippen LogP contribution in [0, 0.1) is 17.0 Å². The highest BCUT2D eigenvalue weighted by Gasteiger charge is 2.28. The van der Waals surface area contributed by atoms with Gasteiger partial charge in [-0.25, -0.2) is 4.79 Å². The SMILES string of the molecule is CCCCC(CC)COC(=O)C(C(C)C)[NH+](C)[O-]. The first-order valence-corrected chi connectivity index (χ1v) is 7.11. The molecule has 18 heavy (non-hydrogen) atoms. The molecule has 1 N–H and O–H groups in total. The topological polar surface area (TPSA) is 53.8 Å². The van der Waals surface area contributed by atoms with Gasteiger partial charge < -0.3 is 15.0 Å². The molecule has 0 rings (SSSR count). The minimum Gasteiger partial charge on any atom is -0.634 e. The predicted octanol–water partition coefficient (Wildman–Crippen LogP) is 1.78. The Morgan fingerprint density at radius 2 is 1.94 bits per heavy atom. The lowest BCUT2D eigenvalue weighted by atomic mass is 10.0. The van der Waals surface area contributed by atoms with E-state index in [4.69, 9.17) is 4.74 Å². The van der Waals surface area contributed by atoms with E-state index < -0.39 is 6.04 Å². The molecule has 0 spiro atoms. The van der Waals surface area contributed by atoms with Gasteiger partial charge in [0, 0.05) is 5.92 Å². The summed E-state index contributed by atoms with van der Waals surface area (Å²) in [6.07, 6.45) is 4.43. The highest BCUT2D eigenvalue weighted by atomic mass is 16.6.